The van der Waals surface area contributed by atoms with Gasteiger partial charge in [-0.15, -0.1) is 0 Å². The third kappa shape index (κ3) is 3.10. The highest BCUT2D eigenvalue weighted by atomic mass is 16.6. The van der Waals surface area contributed by atoms with Crippen LogP contribution in [0.4, 0.5) is 4.79 Å². The van der Waals surface area contributed by atoms with Gasteiger partial charge in [-0.2, -0.15) is 0 Å². The van der Waals surface area contributed by atoms with Gasteiger partial charge in [-0.25, -0.2) is 4.79 Å². The van der Waals surface area contributed by atoms with Gasteiger partial charge >= 0.3 is 6.09 Å². The molecule has 1 fully saturated rings. The zero-order chi connectivity index (χ0) is 17.9. The molecule has 0 radical (unpaired) electrons. The Balaban J connectivity index is 1.51. The van der Waals surface area contributed by atoms with E-state index in [9.17, 15) is 9.90 Å². The summed E-state index contributed by atoms with van der Waals surface area (Å²) in [5.41, 5.74) is 4.89. The van der Waals surface area contributed by atoms with E-state index in [1.165, 1.54) is 22.3 Å². The topological polar surface area (TPSA) is 49.8 Å². The van der Waals surface area contributed by atoms with Crippen molar-refractivity contribution in [2.24, 2.45) is 0 Å². The van der Waals surface area contributed by atoms with E-state index in [1.54, 1.807) is 4.90 Å². The Labute approximate surface area is 154 Å². The molecule has 0 bridgehead atoms. The molecular weight excluding hydrogens is 326 g/mol. The number of aliphatic hydroxyl groups excluding tert-OH is 1. The number of carbonyl (C=O) groups is 1. The number of hydrogen-bond donors (Lipinski definition) is 1. The predicted molar refractivity (Wildman–Crippen MR) is 101 cm³/mol. The Bertz CT molecular complexity index is 737. The summed E-state index contributed by atoms with van der Waals surface area (Å²) in [6.07, 6.45) is 3.99. The summed E-state index contributed by atoms with van der Waals surface area (Å²) in [4.78, 5) is 14.4. The molecule has 2 aliphatic carbocycles. The summed E-state index contributed by atoms with van der Waals surface area (Å²) in [5, 5.41) is 9.34. The van der Waals surface area contributed by atoms with E-state index in [0.29, 0.717) is 13.2 Å². The van der Waals surface area contributed by atoms with Crippen LogP contribution in [0, 0.1) is 0 Å². The lowest BCUT2D eigenvalue weighted by molar-refractivity contribution is 0.0756. The molecule has 1 N–H and O–H groups in total. The minimum Gasteiger partial charge on any atom is -0.448 e. The molecule has 2 aromatic carbocycles. The molecule has 26 heavy (non-hydrogen) atoms. The normalized spacial score (nSPS) is 16.3. The highest BCUT2D eigenvalue weighted by Crippen LogP contribution is 2.44. The molecule has 4 rings (SSSR count). The Morgan fingerprint density at radius 3 is 2.15 bits per heavy atom. The second-order valence-corrected chi connectivity index (χ2v) is 7.16. The van der Waals surface area contributed by atoms with Crippen molar-refractivity contribution in [1.29, 1.82) is 0 Å². The number of ether oxygens (including phenoxy) is 1. The number of nitrogens with zero attached hydrogens (tertiary/aromatic N) is 1. The maximum absolute atomic E-state index is 12.7. The van der Waals surface area contributed by atoms with E-state index in [2.05, 4.69) is 24.3 Å². The molecule has 0 heterocycles. The Morgan fingerprint density at radius 2 is 1.58 bits per heavy atom. The molecule has 0 spiro atoms. The maximum Gasteiger partial charge on any atom is 0.410 e. The van der Waals surface area contributed by atoms with Gasteiger partial charge in [0, 0.05) is 18.5 Å². The molecule has 136 valence electrons. The van der Waals surface area contributed by atoms with Crippen LogP contribution >= 0.6 is 0 Å². The van der Waals surface area contributed by atoms with E-state index in [4.69, 9.17) is 4.74 Å². The van der Waals surface area contributed by atoms with Crippen LogP contribution in [0.1, 0.15) is 42.7 Å². The van der Waals surface area contributed by atoms with Gasteiger partial charge in [-0.3, -0.25) is 0 Å². The molecule has 0 saturated heterocycles. The first-order valence-electron chi connectivity index (χ1n) is 9.52. The first-order valence-corrected chi connectivity index (χ1v) is 9.52. The van der Waals surface area contributed by atoms with Crippen molar-refractivity contribution in [2.75, 3.05) is 19.8 Å². The van der Waals surface area contributed by atoms with Crippen LogP contribution in [0.3, 0.4) is 0 Å². The average Bonchev–Trinajstić information content (AvgIpc) is 3.31. The number of amides is 1. The fraction of sp³-hybridized carbons (Fsp3) is 0.409. The summed E-state index contributed by atoms with van der Waals surface area (Å²) in [7, 11) is 0. The zero-order valence-corrected chi connectivity index (χ0v) is 14.9. The van der Waals surface area contributed by atoms with Crippen LogP contribution in [0.2, 0.25) is 0 Å². The van der Waals surface area contributed by atoms with Gasteiger partial charge in [0.2, 0.25) is 0 Å². The van der Waals surface area contributed by atoms with Gasteiger partial charge in [0.25, 0.3) is 0 Å². The molecule has 0 unspecified atom stereocenters. The average molecular weight is 351 g/mol. The van der Waals surface area contributed by atoms with Gasteiger partial charge in [0.1, 0.15) is 6.61 Å². The number of carbonyl (C=O) groups excluding carboxylic acids is 1. The Hall–Kier alpha value is -2.33. The number of fused-ring (bicyclic) bond motifs is 3. The van der Waals surface area contributed by atoms with Crippen LogP contribution in [-0.4, -0.2) is 41.9 Å². The molecule has 0 aliphatic heterocycles. The smallest absolute Gasteiger partial charge is 0.410 e. The Kier molecular flexibility index (Phi) is 4.93. The molecule has 4 heteroatoms. The quantitative estimate of drug-likeness (QED) is 0.879. The van der Waals surface area contributed by atoms with Gasteiger partial charge in [0.05, 0.1) is 6.61 Å². The molecule has 1 amide bonds. The van der Waals surface area contributed by atoms with Gasteiger partial charge in [0.15, 0.2) is 0 Å². The van der Waals surface area contributed by atoms with E-state index in [0.717, 1.165) is 25.7 Å². The number of aliphatic hydroxyl groups is 1. The third-order valence-electron chi connectivity index (χ3n) is 5.68. The minimum atomic E-state index is -0.298. The van der Waals surface area contributed by atoms with Crippen molar-refractivity contribution in [3.05, 3.63) is 59.7 Å². The fourth-order valence-corrected chi connectivity index (χ4v) is 4.42. The van der Waals surface area contributed by atoms with Crippen molar-refractivity contribution in [2.45, 2.75) is 37.6 Å². The van der Waals surface area contributed by atoms with Gasteiger partial charge in [-0.05, 0) is 35.1 Å². The lowest BCUT2D eigenvalue weighted by atomic mass is 9.98. The minimum absolute atomic E-state index is 0.0271. The largest absolute Gasteiger partial charge is 0.448 e. The van der Waals surface area contributed by atoms with Crippen molar-refractivity contribution >= 4 is 6.09 Å². The van der Waals surface area contributed by atoms with Crippen molar-refractivity contribution < 1.29 is 14.6 Å². The number of benzene rings is 2. The second kappa shape index (κ2) is 7.50. The van der Waals surface area contributed by atoms with Crippen molar-refractivity contribution in [3.8, 4) is 11.1 Å². The summed E-state index contributed by atoms with van der Waals surface area (Å²) < 4.78 is 5.74. The van der Waals surface area contributed by atoms with Crippen molar-refractivity contribution in [1.82, 2.24) is 4.90 Å². The van der Waals surface area contributed by atoms with E-state index in [1.807, 2.05) is 24.3 Å². The van der Waals surface area contributed by atoms with Crippen LogP contribution in [-0.2, 0) is 4.74 Å². The van der Waals surface area contributed by atoms with Gasteiger partial charge < -0.3 is 14.7 Å². The number of hydrogen-bond acceptors (Lipinski definition) is 3. The van der Waals surface area contributed by atoms with E-state index in [-0.39, 0.29) is 24.7 Å². The lowest BCUT2D eigenvalue weighted by Gasteiger charge is -2.28. The maximum atomic E-state index is 12.7. The summed E-state index contributed by atoms with van der Waals surface area (Å²) in [6.45, 7) is 0.656. The second-order valence-electron chi connectivity index (χ2n) is 7.16. The number of rotatable bonds is 5. The molecule has 0 atom stereocenters. The summed E-state index contributed by atoms with van der Waals surface area (Å²) >= 11 is 0. The molecule has 4 nitrogen and oxygen atoms in total. The van der Waals surface area contributed by atoms with E-state index >= 15 is 0 Å². The van der Waals surface area contributed by atoms with Gasteiger partial charge in [-0.1, -0.05) is 61.4 Å². The third-order valence-corrected chi connectivity index (χ3v) is 5.68. The van der Waals surface area contributed by atoms with Crippen LogP contribution < -0.4 is 0 Å². The molecule has 2 aliphatic rings. The fourth-order valence-electron chi connectivity index (χ4n) is 4.42. The predicted octanol–water partition coefficient (Wildman–Crippen LogP) is 4.17. The van der Waals surface area contributed by atoms with Crippen LogP contribution in [0.5, 0.6) is 0 Å². The highest BCUT2D eigenvalue weighted by molar-refractivity contribution is 5.79. The zero-order valence-electron chi connectivity index (χ0n) is 14.9. The molecular formula is C22H25NO3. The molecule has 1 saturated carbocycles. The first-order chi connectivity index (χ1) is 12.8. The molecule has 0 aromatic heterocycles. The molecule has 2 aromatic rings. The lowest BCUT2D eigenvalue weighted by Crippen LogP contribution is -2.41. The van der Waals surface area contributed by atoms with Crippen LogP contribution in [0.15, 0.2) is 48.5 Å². The summed E-state index contributed by atoms with van der Waals surface area (Å²) in [5.74, 6) is 0.0749. The SMILES string of the molecule is O=C(OCC1c2ccccc2-c2ccccc21)N(CCO)C1CCCC1. The van der Waals surface area contributed by atoms with Crippen molar-refractivity contribution in [3.63, 3.8) is 0 Å². The first kappa shape index (κ1) is 17.1. The van der Waals surface area contributed by atoms with E-state index < -0.39 is 0 Å². The van der Waals surface area contributed by atoms with Crippen LogP contribution in [0.25, 0.3) is 11.1 Å². The highest BCUT2D eigenvalue weighted by Gasteiger charge is 2.31. The standard InChI is InChI=1S/C22H25NO3/c24-14-13-23(16-7-1-2-8-16)22(25)26-15-21-19-11-5-3-9-17(19)18-10-4-6-12-20(18)21/h3-6,9-12,16,21,24H,1-2,7-8,13-15H2. The monoisotopic (exact) mass is 351 g/mol. The summed E-state index contributed by atoms with van der Waals surface area (Å²) in [6, 6.07) is 16.9. The Morgan fingerprint density at radius 1 is 1.00 bits per heavy atom.